The van der Waals surface area contributed by atoms with Crippen LogP contribution in [0, 0.1) is 17.1 Å². The molecule has 1 atom stereocenters. The van der Waals surface area contributed by atoms with Crippen molar-refractivity contribution in [1.29, 1.82) is 5.26 Å². The van der Waals surface area contributed by atoms with Crippen molar-refractivity contribution in [2.24, 2.45) is 0 Å². The fourth-order valence-electron chi connectivity index (χ4n) is 3.37. The Labute approximate surface area is 175 Å². The second-order valence-corrected chi connectivity index (χ2v) is 7.19. The third kappa shape index (κ3) is 4.54. The van der Waals surface area contributed by atoms with Crippen LogP contribution in [0.1, 0.15) is 40.9 Å². The minimum Gasteiger partial charge on any atom is -0.375 e. The largest absolute Gasteiger partial charge is 0.419 e. The van der Waals surface area contributed by atoms with Gasteiger partial charge in [-0.15, -0.1) is 0 Å². The maximum atomic E-state index is 14.2. The molecule has 4 N–H and O–H groups in total. The number of carbonyl (C=O) groups excluding carboxylic acids is 1. The van der Waals surface area contributed by atoms with Crippen LogP contribution in [0.5, 0.6) is 0 Å². The number of nitrogens with one attached hydrogen (secondary N) is 3. The fourth-order valence-corrected chi connectivity index (χ4v) is 3.37. The van der Waals surface area contributed by atoms with Crippen molar-refractivity contribution in [3.63, 3.8) is 0 Å². The molecule has 1 unspecified atom stereocenters. The van der Waals surface area contributed by atoms with Crippen molar-refractivity contribution in [1.82, 2.24) is 10.3 Å². The molecule has 11 heteroatoms. The molecule has 0 saturated heterocycles. The van der Waals surface area contributed by atoms with E-state index < -0.39 is 40.9 Å². The van der Waals surface area contributed by atoms with Crippen LogP contribution in [0.2, 0.25) is 0 Å². The molecule has 3 rings (SSSR count). The summed E-state index contributed by atoms with van der Waals surface area (Å²) in [7, 11) is 1.38. The molecule has 2 aromatic rings. The summed E-state index contributed by atoms with van der Waals surface area (Å²) in [5.74, 6) is -1.34. The number of amides is 1. The molecule has 1 aromatic heterocycles. The van der Waals surface area contributed by atoms with Gasteiger partial charge in [0, 0.05) is 12.7 Å². The summed E-state index contributed by atoms with van der Waals surface area (Å²) in [4.78, 5) is 15.1. The number of rotatable bonds is 6. The van der Waals surface area contributed by atoms with E-state index in [0.717, 1.165) is 18.7 Å². The van der Waals surface area contributed by atoms with Gasteiger partial charge in [0.25, 0.3) is 5.91 Å². The SMILES string of the molecule is CNC(=O)c1ccc(NC2(C(O)Nc3cnc(C#N)c(C(F)(F)F)c3)CCC2)cc1F. The molecule has 1 heterocycles. The number of aromatic nitrogens is 1. The summed E-state index contributed by atoms with van der Waals surface area (Å²) in [5.41, 5.74) is -2.90. The quantitative estimate of drug-likeness (QED) is 0.408. The lowest BCUT2D eigenvalue weighted by Gasteiger charge is -2.47. The van der Waals surface area contributed by atoms with E-state index in [2.05, 4.69) is 20.9 Å². The first-order valence-corrected chi connectivity index (χ1v) is 9.31. The maximum Gasteiger partial charge on any atom is 0.419 e. The lowest BCUT2D eigenvalue weighted by Crippen LogP contribution is -2.57. The van der Waals surface area contributed by atoms with Gasteiger partial charge >= 0.3 is 6.18 Å². The Morgan fingerprint density at radius 2 is 2.00 bits per heavy atom. The van der Waals surface area contributed by atoms with Crippen molar-refractivity contribution in [3.8, 4) is 6.07 Å². The van der Waals surface area contributed by atoms with Crippen molar-refractivity contribution < 1.29 is 27.5 Å². The van der Waals surface area contributed by atoms with Crippen LogP contribution in [0.15, 0.2) is 30.5 Å². The average Bonchev–Trinajstić information content (AvgIpc) is 2.69. The van der Waals surface area contributed by atoms with Crippen LogP contribution in [-0.4, -0.2) is 34.8 Å². The van der Waals surface area contributed by atoms with Crippen LogP contribution >= 0.6 is 0 Å². The second kappa shape index (κ2) is 8.39. The van der Waals surface area contributed by atoms with Gasteiger partial charge in [0.1, 0.15) is 18.1 Å². The van der Waals surface area contributed by atoms with Gasteiger partial charge in [-0.3, -0.25) is 4.79 Å². The van der Waals surface area contributed by atoms with Crippen molar-refractivity contribution in [2.75, 3.05) is 17.7 Å². The molecular formula is C20H19F4N5O2. The van der Waals surface area contributed by atoms with Gasteiger partial charge in [0.2, 0.25) is 0 Å². The van der Waals surface area contributed by atoms with Gasteiger partial charge in [-0.25, -0.2) is 9.37 Å². The van der Waals surface area contributed by atoms with Crippen LogP contribution in [0.4, 0.5) is 28.9 Å². The summed E-state index contributed by atoms with van der Waals surface area (Å²) >= 11 is 0. The minimum absolute atomic E-state index is 0.118. The monoisotopic (exact) mass is 437 g/mol. The molecule has 1 fully saturated rings. The highest BCUT2D eigenvalue weighted by molar-refractivity contribution is 5.94. The molecule has 31 heavy (non-hydrogen) atoms. The Morgan fingerprint density at radius 3 is 2.52 bits per heavy atom. The number of alkyl halides is 3. The number of hydrogen-bond donors (Lipinski definition) is 4. The number of nitriles is 1. The van der Waals surface area contributed by atoms with E-state index in [1.165, 1.54) is 25.2 Å². The predicted octanol–water partition coefficient (Wildman–Crippen LogP) is 3.24. The van der Waals surface area contributed by atoms with Gasteiger partial charge in [-0.05, 0) is 43.5 Å². The standard InChI is InChI=1S/C20H19F4N5O2/c1-26-17(30)13-4-3-11(8-15(13)21)29-19(5-2-6-19)18(31)28-12-7-14(20(22,23)24)16(9-25)27-10-12/h3-4,7-8,10,18,28-29,31H,2,5-6H2,1H3,(H,26,30). The summed E-state index contributed by atoms with van der Waals surface area (Å²) < 4.78 is 53.7. The van der Waals surface area contributed by atoms with E-state index in [4.69, 9.17) is 5.26 Å². The first-order valence-electron chi connectivity index (χ1n) is 9.31. The number of hydrogen-bond acceptors (Lipinski definition) is 6. The molecule has 1 aromatic carbocycles. The summed E-state index contributed by atoms with van der Waals surface area (Å²) in [6.45, 7) is 0. The van der Waals surface area contributed by atoms with Gasteiger partial charge in [0.15, 0.2) is 5.69 Å². The van der Waals surface area contributed by atoms with Gasteiger partial charge in [0.05, 0.1) is 28.6 Å². The van der Waals surface area contributed by atoms with E-state index in [1.807, 2.05) is 0 Å². The molecule has 0 spiro atoms. The predicted molar refractivity (Wildman–Crippen MR) is 104 cm³/mol. The van der Waals surface area contributed by atoms with Crippen molar-refractivity contribution >= 4 is 17.3 Å². The lowest BCUT2D eigenvalue weighted by molar-refractivity contribution is -0.138. The molecule has 1 aliphatic rings. The number of aliphatic hydroxyl groups excluding tert-OH is 1. The molecule has 0 bridgehead atoms. The number of benzene rings is 1. The van der Waals surface area contributed by atoms with Crippen LogP contribution in [-0.2, 0) is 6.18 Å². The zero-order valence-corrected chi connectivity index (χ0v) is 16.3. The molecule has 0 aliphatic heterocycles. The number of aliphatic hydroxyl groups is 1. The third-order valence-electron chi connectivity index (χ3n) is 5.21. The van der Waals surface area contributed by atoms with Crippen molar-refractivity contribution in [3.05, 3.63) is 53.1 Å². The van der Waals surface area contributed by atoms with E-state index in [0.29, 0.717) is 24.6 Å². The Hall–Kier alpha value is -3.39. The van der Waals surface area contributed by atoms with Crippen LogP contribution < -0.4 is 16.0 Å². The molecule has 0 radical (unpaired) electrons. The Morgan fingerprint density at radius 1 is 1.29 bits per heavy atom. The molecule has 7 nitrogen and oxygen atoms in total. The Balaban J connectivity index is 1.81. The molecule has 164 valence electrons. The molecular weight excluding hydrogens is 418 g/mol. The second-order valence-electron chi connectivity index (χ2n) is 7.19. The lowest BCUT2D eigenvalue weighted by atomic mass is 9.75. The number of nitrogens with zero attached hydrogens (tertiary/aromatic N) is 2. The summed E-state index contributed by atoms with van der Waals surface area (Å²) in [5, 5.41) is 27.5. The van der Waals surface area contributed by atoms with E-state index >= 15 is 0 Å². The van der Waals surface area contributed by atoms with Crippen LogP contribution in [0.3, 0.4) is 0 Å². The molecule has 1 amide bonds. The Kier molecular flexibility index (Phi) is 6.03. The van der Waals surface area contributed by atoms with Gasteiger partial charge in [-0.2, -0.15) is 18.4 Å². The Bertz CT molecular complexity index is 1030. The summed E-state index contributed by atoms with van der Waals surface area (Å²) in [6, 6.07) is 5.99. The minimum atomic E-state index is -4.78. The highest BCUT2D eigenvalue weighted by Gasteiger charge is 2.44. The normalized spacial score (nSPS) is 15.9. The van der Waals surface area contributed by atoms with Gasteiger partial charge in [-0.1, -0.05) is 0 Å². The first-order chi connectivity index (χ1) is 14.6. The fraction of sp³-hybridized carbons (Fsp3) is 0.350. The molecule has 1 aliphatic carbocycles. The first kappa shape index (κ1) is 22.3. The van der Waals surface area contributed by atoms with Gasteiger partial charge < -0.3 is 21.1 Å². The number of carbonyl (C=O) groups is 1. The molecule has 1 saturated carbocycles. The van der Waals surface area contributed by atoms with E-state index in [9.17, 15) is 27.5 Å². The summed E-state index contributed by atoms with van der Waals surface area (Å²) in [6.07, 6.45) is -3.41. The highest BCUT2D eigenvalue weighted by Crippen LogP contribution is 2.39. The average molecular weight is 437 g/mol. The van der Waals surface area contributed by atoms with Crippen molar-refractivity contribution in [2.45, 2.75) is 37.2 Å². The maximum absolute atomic E-state index is 14.2. The highest BCUT2D eigenvalue weighted by atomic mass is 19.4. The number of halogens is 4. The zero-order chi connectivity index (χ0) is 22.8. The van der Waals surface area contributed by atoms with Crippen LogP contribution in [0.25, 0.3) is 0 Å². The zero-order valence-electron chi connectivity index (χ0n) is 16.3. The van der Waals surface area contributed by atoms with E-state index in [-0.39, 0.29) is 11.3 Å². The third-order valence-corrected chi connectivity index (χ3v) is 5.21. The topological polar surface area (TPSA) is 110 Å². The smallest absolute Gasteiger partial charge is 0.375 e. The van der Waals surface area contributed by atoms with E-state index in [1.54, 1.807) is 0 Å². The number of anilines is 2. The number of pyridine rings is 1.